The fourth-order valence-electron chi connectivity index (χ4n) is 7.17. The van der Waals surface area contributed by atoms with E-state index in [4.69, 9.17) is 4.42 Å². The maximum Gasteiger partial charge on any atom is 0.522 e. The van der Waals surface area contributed by atoms with E-state index in [1.165, 1.54) is 4.90 Å². The van der Waals surface area contributed by atoms with E-state index in [1.54, 1.807) is 0 Å². The minimum atomic E-state index is -4.65. The van der Waals surface area contributed by atoms with Crippen molar-refractivity contribution in [3.05, 3.63) is 11.8 Å². The summed E-state index contributed by atoms with van der Waals surface area (Å²) in [6.07, 6.45) is -6.08. The Morgan fingerprint density at radius 2 is 1.66 bits per heavy atom. The van der Waals surface area contributed by atoms with Crippen LogP contribution in [0.15, 0.2) is 4.42 Å². The molecule has 1 N–H and O–H groups in total. The predicted octanol–water partition coefficient (Wildman–Crippen LogP) is 3.66. The number of halogens is 6. The van der Waals surface area contributed by atoms with E-state index in [1.807, 2.05) is 0 Å². The molecule has 7 rings (SSSR count). The molecule has 0 radical (unpaired) electrons. The summed E-state index contributed by atoms with van der Waals surface area (Å²) < 4.78 is 84.6. The van der Waals surface area contributed by atoms with Gasteiger partial charge in [0.15, 0.2) is 0 Å². The monoisotopic (exact) mass is 508 g/mol. The van der Waals surface area contributed by atoms with Crippen LogP contribution in [0.4, 0.5) is 26.3 Å². The summed E-state index contributed by atoms with van der Waals surface area (Å²) in [4.78, 5) is 14.3. The van der Waals surface area contributed by atoms with Gasteiger partial charge in [0.05, 0.1) is 18.1 Å². The number of amides is 1. The smallest absolute Gasteiger partial charge is 0.424 e. The van der Waals surface area contributed by atoms with Gasteiger partial charge in [-0.1, -0.05) is 0 Å². The van der Waals surface area contributed by atoms with E-state index in [9.17, 15) is 31.1 Å². The summed E-state index contributed by atoms with van der Waals surface area (Å²) in [5.41, 5.74) is -0.581. The fraction of sp³-hybridized carbons (Fsp3) is 0.864. The average Bonchev–Trinajstić information content (AvgIpc) is 3.32. The molecule has 0 spiro atoms. The Kier molecular flexibility index (Phi) is 5.08. The number of nitrogens with one attached hydrogen (secondary N) is 1. The molecule has 194 valence electrons. The second kappa shape index (κ2) is 7.56. The zero-order valence-corrected chi connectivity index (χ0v) is 18.8. The van der Waals surface area contributed by atoms with E-state index in [-0.39, 0.29) is 53.4 Å². The average molecular weight is 508 g/mol. The number of carbonyl (C=O) groups excluding carboxylic acids is 1. The molecule has 6 fully saturated rings. The van der Waals surface area contributed by atoms with Crippen molar-refractivity contribution in [1.82, 2.24) is 20.4 Å². The molecule has 7 nitrogen and oxygen atoms in total. The van der Waals surface area contributed by atoms with Crippen LogP contribution in [-0.2, 0) is 14.9 Å². The lowest BCUT2D eigenvalue weighted by Gasteiger charge is -2.68. The van der Waals surface area contributed by atoms with Crippen LogP contribution in [0.25, 0.3) is 0 Å². The van der Waals surface area contributed by atoms with Gasteiger partial charge in [-0.15, -0.1) is 23.4 Å². The van der Waals surface area contributed by atoms with Crippen LogP contribution in [-0.4, -0.2) is 64.8 Å². The fourth-order valence-corrected chi connectivity index (χ4v) is 7.17. The summed E-state index contributed by atoms with van der Waals surface area (Å²) >= 11 is 0. The third kappa shape index (κ3) is 4.32. The molecule has 1 aliphatic heterocycles. The van der Waals surface area contributed by atoms with Gasteiger partial charge in [0.2, 0.25) is 17.7 Å². The van der Waals surface area contributed by atoms with Crippen LogP contribution >= 0.6 is 0 Å². The summed E-state index contributed by atoms with van der Waals surface area (Å²) in [6.45, 7) is -0.0976. The van der Waals surface area contributed by atoms with Gasteiger partial charge < -0.3 is 9.73 Å². The quantitative estimate of drug-likeness (QED) is 0.591. The van der Waals surface area contributed by atoms with Crippen molar-refractivity contribution in [2.24, 2.45) is 17.8 Å². The van der Waals surface area contributed by atoms with E-state index in [0.29, 0.717) is 57.0 Å². The molecule has 5 saturated carbocycles. The van der Waals surface area contributed by atoms with Crippen molar-refractivity contribution in [2.45, 2.75) is 80.5 Å². The second-order valence-corrected chi connectivity index (χ2v) is 11.4. The van der Waals surface area contributed by atoms with Crippen LogP contribution in [0.3, 0.4) is 0 Å². The largest absolute Gasteiger partial charge is 0.522 e. The molecule has 1 aromatic heterocycles. The van der Waals surface area contributed by atoms with E-state index >= 15 is 0 Å². The molecular formula is C22H26F6N4O3. The Hall–Kier alpha value is -1.89. The van der Waals surface area contributed by atoms with Crippen molar-refractivity contribution in [3.8, 4) is 0 Å². The highest BCUT2D eigenvalue weighted by Gasteiger charge is 2.72. The first kappa shape index (κ1) is 23.5. The summed E-state index contributed by atoms with van der Waals surface area (Å²) in [5.74, 6) is 0.660. The number of hydrogen-bond acceptors (Lipinski definition) is 6. The van der Waals surface area contributed by atoms with Crippen LogP contribution in [0.5, 0.6) is 0 Å². The number of likely N-dealkylation sites (tertiary alicyclic amines) is 1. The van der Waals surface area contributed by atoms with Gasteiger partial charge in [0.1, 0.15) is 0 Å². The zero-order valence-electron chi connectivity index (χ0n) is 18.8. The molecule has 35 heavy (non-hydrogen) atoms. The summed E-state index contributed by atoms with van der Waals surface area (Å²) in [7, 11) is 0. The molecule has 2 bridgehead atoms. The minimum absolute atomic E-state index is 0.0218. The SMILES string of the molecule is O=C(NC12CC(c3nnc(C4CC(OC(F)(F)F)C4)o3)(C1)C2)C1C[C@@H]2CN(CC(F)(F)F)C[C@@H]2C1. The van der Waals surface area contributed by atoms with Gasteiger partial charge in [-0.2, -0.15) is 13.2 Å². The lowest BCUT2D eigenvalue weighted by atomic mass is 9.39. The Labute approximate surface area is 196 Å². The standard InChI is InChI=1S/C22H26F6N4O3/c23-21(24,25)10-32-5-13-1-11(2-14(13)6-32)16(33)29-20-7-19(8-20,9-20)18-31-30-17(34-18)12-3-15(4-12)35-22(26,27)28/h11-15H,1-10H2,(H,29,33)/t11?,12?,13-,14+,15?,19?,20?. The van der Waals surface area contributed by atoms with Crippen molar-refractivity contribution in [3.63, 3.8) is 0 Å². The molecular weight excluding hydrogens is 482 g/mol. The number of fused-ring (bicyclic) bond motifs is 1. The van der Waals surface area contributed by atoms with Crippen LogP contribution in [0.2, 0.25) is 0 Å². The maximum atomic E-state index is 12.9. The molecule has 1 amide bonds. The lowest BCUT2D eigenvalue weighted by Crippen LogP contribution is -2.77. The number of ether oxygens (including phenoxy) is 1. The number of rotatable bonds is 6. The molecule has 3 atom stereocenters. The summed E-state index contributed by atoms with van der Waals surface area (Å²) in [5, 5.41) is 11.3. The molecule has 1 aromatic rings. The molecule has 1 unspecified atom stereocenters. The highest BCUT2D eigenvalue weighted by atomic mass is 19.4. The van der Waals surface area contributed by atoms with Crippen LogP contribution in [0.1, 0.15) is 62.6 Å². The number of nitrogens with zero attached hydrogens (tertiary/aromatic N) is 3. The lowest BCUT2D eigenvalue weighted by molar-refractivity contribution is -0.352. The van der Waals surface area contributed by atoms with Gasteiger partial charge in [-0.25, -0.2) is 0 Å². The van der Waals surface area contributed by atoms with Gasteiger partial charge in [0.25, 0.3) is 0 Å². The van der Waals surface area contributed by atoms with Crippen molar-refractivity contribution in [2.75, 3.05) is 19.6 Å². The summed E-state index contributed by atoms with van der Waals surface area (Å²) in [6, 6.07) is 0. The van der Waals surface area contributed by atoms with Crippen molar-refractivity contribution < 1.29 is 40.3 Å². The third-order valence-corrected chi connectivity index (χ3v) is 8.66. The molecule has 5 aliphatic carbocycles. The first-order valence-electron chi connectivity index (χ1n) is 12.0. The first-order valence-corrected chi connectivity index (χ1v) is 12.0. The van der Waals surface area contributed by atoms with Gasteiger partial charge >= 0.3 is 12.5 Å². The predicted molar refractivity (Wildman–Crippen MR) is 106 cm³/mol. The van der Waals surface area contributed by atoms with E-state index in [0.717, 1.165) is 0 Å². The van der Waals surface area contributed by atoms with Crippen molar-refractivity contribution in [1.29, 1.82) is 0 Å². The topological polar surface area (TPSA) is 80.5 Å². The van der Waals surface area contributed by atoms with Crippen LogP contribution in [0, 0.1) is 17.8 Å². The molecule has 6 aliphatic rings. The van der Waals surface area contributed by atoms with E-state index < -0.39 is 25.2 Å². The Morgan fingerprint density at radius 1 is 1.03 bits per heavy atom. The number of carbonyl (C=O) groups is 1. The first-order chi connectivity index (χ1) is 16.3. The molecule has 0 aromatic carbocycles. The highest BCUT2D eigenvalue weighted by Crippen LogP contribution is 2.67. The number of hydrogen-bond donors (Lipinski definition) is 1. The normalized spacial score (nSPS) is 40.6. The molecule has 13 heteroatoms. The Balaban J connectivity index is 0.962. The number of alkyl halides is 6. The van der Waals surface area contributed by atoms with Crippen molar-refractivity contribution >= 4 is 5.91 Å². The maximum absolute atomic E-state index is 12.9. The minimum Gasteiger partial charge on any atom is -0.424 e. The third-order valence-electron chi connectivity index (χ3n) is 8.66. The molecule has 1 saturated heterocycles. The number of aromatic nitrogens is 2. The van der Waals surface area contributed by atoms with E-state index in [2.05, 4.69) is 20.3 Å². The highest BCUT2D eigenvalue weighted by molar-refractivity contribution is 5.80. The Morgan fingerprint density at radius 3 is 2.23 bits per heavy atom. The second-order valence-electron chi connectivity index (χ2n) is 11.4. The van der Waals surface area contributed by atoms with Crippen LogP contribution < -0.4 is 5.32 Å². The van der Waals surface area contributed by atoms with Gasteiger partial charge in [0, 0.05) is 30.5 Å². The van der Waals surface area contributed by atoms with Gasteiger partial charge in [-0.3, -0.25) is 14.4 Å². The Bertz CT molecular complexity index is 970. The zero-order chi connectivity index (χ0) is 24.8. The van der Waals surface area contributed by atoms with Gasteiger partial charge in [-0.05, 0) is 56.8 Å². The molecule has 2 heterocycles.